The van der Waals surface area contributed by atoms with E-state index in [0.717, 1.165) is 17.0 Å². The molecule has 0 saturated heterocycles. The molecule has 2 N–H and O–H groups in total. The van der Waals surface area contributed by atoms with Crippen molar-refractivity contribution in [3.63, 3.8) is 0 Å². The van der Waals surface area contributed by atoms with Crippen molar-refractivity contribution in [1.82, 2.24) is 15.2 Å². The van der Waals surface area contributed by atoms with Crippen molar-refractivity contribution in [3.8, 4) is 5.75 Å². The molecule has 1 heterocycles. The molecule has 2 aromatic carbocycles. The molecule has 0 aliphatic rings. The second kappa shape index (κ2) is 8.34. The molecular weight excluding hydrogens is 336 g/mol. The molecule has 0 atom stereocenters. The topological polar surface area (TPSA) is 79.9 Å². The molecule has 0 radical (unpaired) electrons. The standard InChI is InChI=1S/C18H18N4O2S/c1-13-6-5-9-15(10-13)24-11-16-20-18(22-21-16)25-12-17(23)19-14-7-3-2-4-8-14/h2-10H,11-12H2,1H3,(H,19,23)(H,20,21,22). The fraction of sp³-hybridized carbons (Fsp3) is 0.167. The highest BCUT2D eigenvalue weighted by Crippen LogP contribution is 2.16. The average molecular weight is 354 g/mol. The lowest BCUT2D eigenvalue weighted by Gasteiger charge is -2.04. The smallest absolute Gasteiger partial charge is 0.234 e. The first kappa shape index (κ1) is 17.0. The van der Waals surface area contributed by atoms with Gasteiger partial charge in [-0.25, -0.2) is 4.98 Å². The van der Waals surface area contributed by atoms with Crippen molar-refractivity contribution in [2.45, 2.75) is 18.7 Å². The maximum atomic E-state index is 11.9. The van der Waals surface area contributed by atoms with Crippen molar-refractivity contribution >= 4 is 23.4 Å². The highest BCUT2D eigenvalue weighted by molar-refractivity contribution is 7.99. The molecule has 25 heavy (non-hydrogen) atoms. The van der Waals surface area contributed by atoms with E-state index in [1.165, 1.54) is 11.8 Å². The van der Waals surface area contributed by atoms with E-state index in [1.54, 1.807) is 0 Å². The summed E-state index contributed by atoms with van der Waals surface area (Å²) in [6, 6.07) is 17.1. The number of thioether (sulfide) groups is 1. The lowest BCUT2D eigenvalue weighted by molar-refractivity contribution is -0.113. The number of aromatic nitrogens is 3. The number of ether oxygens (including phenoxy) is 1. The minimum absolute atomic E-state index is 0.0986. The van der Waals surface area contributed by atoms with Gasteiger partial charge in [-0.2, -0.15) is 0 Å². The molecule has 3 aromatic rings. The van der Waals surface area contributed by atoms with E-state index in [0.29, 0.717) is 17.6 Å². The van der Waals surface area contributed by atoms with Crippen LogP contribution in [-0.2, 0) is 11.4 Å². The zero-order valence-corrected chi connectivity index (χ0v) is 14.5. The third kappa shape index (κ3) is 5.36. The molecule has 1 aromatic heterocycles. The molecule has 0 spiro atoms. The van der Waals surface area contributed by atoms with E-state index in [4.69, 9.17) is 4.74 Å². The van der Waals surface area contributed by atoms with Crippen LogP contribution in [0.4, 0.5) is 5.69 Å². The van der Waals surface area contributed by atoms with Gasteiger partial charge in [0.15, 0.2) is 5.82 Å². The minimum atomic E-state index is -0.0986. The molecule has 6 nitrogen and oxygen atoms in total. The van der Waals surface area contributed by atoms with Crippen molar-refractivity contribution in [2.75, 3.05) is 11.1 Å². The first-order valence-corrected chi connectivity index (χ1v) is 8.76. The van der Waals surface area contributed by atoms with E-state index in [1.807, 2.05) is 61.5 Å². The van der Waals surface area contributed by atoms with Crippen LogP contribution in [0.15, 0.2) is 59.8 Å². The highest BCUT2D eigenvalue weighted by atomic mass is 32.2. The van der Waals surface area contributed by atoms with Gasteiger partial charge in [0.05, 0.1) is 5.75 Å². The summed E-state index contributed by atoms with van der Waals surface area (Å²) < 4.78 is 5.67. The fourth-order valence-electron chi connectivity index (χ4n) is 2.11. The number of carbonyl (C=O) groups excluding carboxylic acids is 1. The fourth-order valence-corrected chi connectivity index (χ4v) is 2.73. The number of anilines is 1. The summed E-state index contributed by atoms with van der Waals surface area (Å²) in [5.74, 6) is 1.55. The number of hydrogen-bond donors (Lipinski definition) is 2. The second-order valence-corrected chi connectivity index (χ2v) is 6.32. The van der Waals surface area contributed by atoms with Gasteiger partial charge in [0.2, 0.25) is 11.1 Å². The lowest BCUT2D eigenvalue weighted by Crippen LogP contribution is -2.13. The van der Waals surface area contributed by atoms with E-state index in [-0.39, 0.29) is 11.7 Å². The van der Waals surface area contributed by atoms with E-state index in [9.17, 15) is 4.79 Å². The summed E-state index contributed by atoms with van der Waals surface area (Å²) in [7, 11) is 0. The van der Waals surface area contributed by atoms with Gasteiger partial charge in [-0.15, -0.1) is 5.10 Å². The molecule has 0 unspecified atom stereocenters. The van der Waals surface area contributed by atoms with E-state index >= 15 is 0 Å². The Balaban J connectivity index is 1.46. The summed E-state index contributed by atoms with van der Waals surface area (Å²) in [5.41, 5.74) is 1.91. The van der Waals surface area contributed by atoms with Crippen LogP contribution >= 0.6 is 11.8 Å². The molecule has 0 bridgehead atoms. The van der Waals surface area contributed by atoms with Crippen molar-refractivity contribution in [3.05, 3.63) is 66.0 Å². The van der Waals surface area contributed by atoms with Crippen LogP contribution in [0.5, 0.6) is 5.75 Å². The molecule has 0 aliphatic heterocycles. The third-order valence-corrected chi connectivity index (χ3v) is 4.11. The Morgan fingerprint density at radius 2 is 2.04 bits per heavy atom. The number of carbonyl (C=O) groups is 1. The molecule has 0 aliphatic carbocycles. The van der Waals surface area contributed by atoms with Gasteiger partial charge in [-0.05, 0) is 36.8 Å². The van der Waals surface area contributed by atoms with Crippen molar-refractivity contribution in [2.24, 2.45) is 0 Å². The van der Waals surface area contributed by atoms with Gasteiger partial charge in [0.1, 0.15) is 12.4 Å². The Hall–Kier alpha value is -2.80. The predicted molar refractivity (Wildman–Crippen MR) is 97.7 cm³/mol. The zero-order valence-electron chi connectivity index (χ0n) is 13.7. The van der Waals surface area contributed by atoms with Crippen LogP contribution in [0.25, 0.3) is 0 Å². The van der Waals surface area contributed by atoms with Crippen LogP contribution in [0, 0.1) is 6.92 Å². The Labute approximate surface area is 150 Å². The number of para-hydroxylation sites is 1. The Bertz CT molecular complexity index is 836. The number of aryl methyl sites for hydroxylation is 1. The van der Waals surface area contributed by atoms with Crippen LogP contribution in [-0.4, -0.2) is 26.8 Å². The zero-order chi connectivity index (χ0) is 17.5. The summed E-state index contributed by atoms with van der Waals surface area (Å²) in [6.07, 6.45) is 0. The van der Waals surface area contributed by atoms with Crippen LogP contribution in [0.2, 0.25) is 0 Å². The summed E-state index contributed by atoms with van der Waals surface area (Å²) in [6.45, 7) is 2.31. The molecule has 0 saturated carbocycles. The number of rotatable bonds is 7. The number of amides is 1. The maximum Gasteiger partial charge on any atom is 0.234 e. The van der Waals surface area contributed by atoms with Gasteiger partial charge < -0.3 is 10.1 Å². The summed E-state index contributed by atoms with van der Waals surface area (Å²) >= 11 is 1.27. The van der Waals surface area contributed by atoms with E-state index < -0.39 is 0 Å². The minimum Gasteiger partial charge on any atom is -0.486 e. The molecule has 1 amide bonds. The number of hydrogen-bond acceptors (Lipinski definition) is 5. The number of nitrogens with zero attached hydrogens (tertiary/aromatic N) is 2. The maximum absolute atomic E-state index is 11.9. The normalized spacial score (nSPS) is 10.4. The lowest BCUT2D eigenvalue weighted by atomic mass is 10.2. The first-order valence-electron chi connectivity index (χ1n) is 7.77. The first-order chi connectivity index (χ1) is 12.2. The number of H-pyrrole nitrogens is 1. The van der Waals surface area contributed by atoms with Crippen molar-refractivity contribution in [1.29, 1.82) is 0 Å². The quantitative estimate of drug-likeness (QED) is 0.636. The van der Waals surface area contributed by atoms with E-state index in [2.05, 4.69) is 20.5 Å². The monoisotopic (exact) mass is 354 g/mol. The average Bonchev–Trinajstić information content (AvgIpc) is 3.07. The van der Waals surface area contributed by atoms with Crippen LogP contribution in [0.3, 0.4) is 0 Å². The van der Waals surface area contributed by atoms with Crippen molar-refractivity contribution < 1.29 is 9.53 Å². The van der Waals surface area contributed by atoms with Gasteiger partial charge in [-0.3, -0.25) is 9.89 Å². The molecule has 128 valence electrons. The number of benzene rings is 2. The molecule has 7 heteroatoms. The Morgan fingerprint density at radius 3 is 2.84 bits per heavy atom. The number of aromatic amines is 1. The Morgan fingerprint density at radius 1 is 1.20 bits per heavy atom. The molecule has 3 rings (SSSR count). The van der Waals surface area contributed by atoms with Crippen LogP contribution < -0.4 is 10.1 Å². The Kier molecular flexibility index (Phi) is 5.69. The second-order valence-electron chi connectivity index (χ2n) is 5.37. The highest BCUT2D eigenvalue weighted by Gasteiger charge is 2.08. The van der Waals surface area contributed by atoms with Gasteiger partial charge in [0.25, 0.3) is 0 Å². The van der Waals surface area contributed by atoms with Gasteiger partial charge in [-0.1, -0.05) is 42.1 Å². The summed E-state index contributed by atoms with van der Waals surface area (Å²) in [4.78, 5) is 16.2. The third-order valence-electron chi connectivity index (χ3n) is 3.27. The van der Waals surface area contributed by atoms with Gasteiger partial charge >= 0.3 is 0 Å². The van der Waals surface area contributed by atoms with Gasteiger partial charge in [0, 0.05) is 5.69 Å². The van der Waals surface area contributed by atoms with Crippen LogP contribution in [0.1, 0.15) is 11.4 Å². The summed E-state index contributed by atoms with van der Waals surface area (Å²) in [5, 5.41) is 10.3. The largest absolute Gasteiger partial charge is 0.486 e. The molecule has 0 fully saturated rings. The number of nitrogens with one attached hydrogen (secondary N) is 2. The predicted octanol–water partition coefficient (Wildman–Crippen LogP) is 3.42. The molecular formula is C18H18N4O2S. The SMILES string of the molecule is Cc1cccc(OCc2nc(SCC(=O)Nc3ccccc3)n[nH]2)c1.